The molecule has 6 nitrogen and oxygen atoms in total. The number of anilines is 2. The minimum Gasteiger partial charge on any atom is -0.508 e. The largest absolute Gasteiger partial charge is 0.508 e. The maximum atomic E-state index is 10.7. The number of aliphatic carboxylic acids is 1. The molecule has 0 radical (unpaired) electrons. The quantitative estimate of drug-likeness (QED) is 0.323. The summed E-state index contributed by atoms with van der Waals surface area (Å²) in [5, 5.41) is 22.6. The summed E-state index contributed by atoms with van der Waals surface area (Å²) in [6.07, 6.45) is 4.18. The number of phenolic OH excluding ortho intramolecular Hbond substituents is 1. The average Bonchev–Trinajstić information content (AvgIpc) is 2.85. The second-order valence-electron chi connectivity index (χ2n) is 8.29. The van der Waals surface area contributed by atoms with Crippen LogP contribution in [0, 0.1) is 5.92 Å². The van der Waals surface area contributed by atoms with E-state index in [1.54, 1.807) is 12.1 Å². The van der Waals surface area contributed by atoms with E-state index >= 15 is 0 Å². The number of carboxylic acids is 1. The molecule has 0 spiro atoms. The van der Waals surface area contributed by atoms with E-state index in [4.69, 9.17) is 14.6 Å². The van der Waals surface area contributed by atoms with Gasteiger partial charge in [0.05, 0.1) is 12.7 Å². The Morgan fingerprint density at radius 1 is 0.941 bits per heavy atom. The van der Waals surface area contributed by atoms with E-state index in [9.17, 15) is 9.90 Å². The monoisotopic (exact) mass is 459 g/mol. The van der Waals surface area contributed by atoms with Gasteiger partial charge in [-0.2, -0.15) is 0 Å². The third kappa shape index (κ3) is 6.25. The zero-order valence-electron chi connectivity index (χ0n) is 18.8. The van der Waals surface area contributed by atoms with Crippen LogP contribution in [0.25, 0.3) is 0 Å². The molecule has 0 aromatic heterocycles. The Labute approximate surface area is 199 Å². The molecule has 0 unspecified atom stereocenters. The van der Waals surface area contributed by atoms with Gasteiger partial charge >= 0.3 is 5.97 Å². The van der Waals surface area contributed by atoms with Gasteiger partial charge in [-0.15, -0.1) is 0 Å². The lowest BCUT2D eigenvalue weighted by Gasteiger charge is -2.37. The average molecular weight is 460 g/mol. The van der Waals surface area contributed by atoms with Crippen molar-refractivity contribution in [1.82, 2.24) is 0 Å². The van der Waals surface area contributed by atoms with Crippen LogP contribution in [0.2, 0.25) is 0 Å². The second kappa shape index (κ2) is 11.5. The van der Waals surface area contributed by atoms with Crippen LogP contribution in [0.15, 0.2) is 91.0 Å². The third-order valence-electron chi connectivity index (χ3n) is 5.78. The van der Waals surface area contributed by atoms with Crippen LogP contribution < -0.4 is 5.32 Å². The third-order valence-corrected chi connectivity index (χ3v) is 5.78. The molecule has 1 heterocycles. The number of ether oxygens (including phenoxy) is 2. The summed E-state index contributed by atoms with van der Waals surface area (Å²) < 4.78 is 12.4. The molecule has 1 aliphatic heterocycles. The Morgan fingerprint density at radius 3 is 2.38 bits per heavy atom. The first-order valence-corrected chi connectivity index (χ1v) is 11.4. The Bertz CT molecular complexity index is 1100. The topological polar surface area (TPSA) is 88.0 Å². The Kier molecular flexibility index (Phi) is 7.96. The number of phenols is 1. The van der Waals surface area contributed by atoms with Crippen molar-refractivity contribution in [1.29, 1.82) is 0 Å². The molecule has 6 heteroatoms. The first-order chi connectivity index (χ1) is 16.6. The van der Waals surface area contributed by atoms with Gasteiger partial charge in [-0.25, -0.2) is 0 Å². The summed E-state index contributed by atoms with van der Waals surface area (Å²) in [5.41, 5.74) is 3.60. The van der Waals surface area contributed by atoms with Crippen LogP contribution >= 0.6 is 0 Å². The van der Waals surface area contributed by atoms with E-state index in [0.717, 1.165) is 22.5 Å². The van der Waals surface area contributed by atoms with Crippen molar-refractivity contribution in [3.05, 3.63) is 102 Å². The van der Waals surface area contributed by atoms with Crippen LogP contribution in [0.4, 0.5) is 11.4 Å². The minimum atomic E-state index is -0.811. The molecule has 34 heavy (non-hydrogen) atoms. The highest BCUT2D eigenvalue weighted by Crippen LogP contribution is 2.42. The number of hydrogen-bond donors (Lipinski definition) is 3. The first kappa shape index (κ1) is 23.5. The summed E-state index contributed by atoms with van der Waals surface area (Å²) in [4.78, 5) is 10.7. The molecule has 3 aromatic rings. The Balaban J connectivity index is 1.46. The van der Waals surface area contributed by atoms with E-state index < -0.39 is 12.3 Å². The van der Waals surface area contributed by atoms with Gasteiger partial charge in [0.15, 0.2) is 6.29 Å². The summed E-state index contributed by atoms with van der Waals surface area (Å²) in [5.74, 6) is -0.631. The van der Waals surface area contributed by atoms with Crippen molar-refractivity contribution < 1.29 is 24.5 Å². The molecule has 1 saturated heterocycles. The van der Waals surface area contributed by atoms with Crippen molar-refractivity contribution in [2.75, 3.05) is 11.9 Å². The number of benzene rings is 3. The number of carbonyl (C=O) groups is 1. The highest BCUT2D eigenvalue weighted by Gasteiger charge is 2.34. The van der Waals surface area contributed by atoms with Crippen molar-refractivity contribution in [2.24, 2.45) is 5.92 Å². The van der Waals surface area contributed by atoms with Crippen LogP contribution in [0.1, 0.15) is 42.8 Å². The maximum Gasteiger partial charge on any atom is 0.303 e. The maximum absolute atomic E-state index is 10.7. The van der Waals surface area contributed by atoms with E-state index in [2.05, 4.69) is 5.32 Å². The number of para-hydroxylation sites is 2. The fourth-order valence-corrected chi connectivity index (χ4v) is 4.01. The van der Waals surface area contributed by atoms with Crippen LogP contribution in [0.3, 0.4) is 0 Å². The molecule has 176 valence electrons. The number of carboxylic acid groups (broad SMARTS) is 1. The van der Waals surface area contributed by atoms with Gasteiger partial charge in [0.25, 0.3) is 0 Å². The highest BCUT2D eigenvalue weighted by atomic mass is 16.7. The first-order valence-electron chi connectivity index (χ1n) is 11.4. The molecule has 0 bridgehead atoms. The van der Waals surface area contributed by atoms with E-state index in [1.807, 2.05) is 78.9 Å². The molecule has 4 rings (SSSR count). The summed E-state index contributed by atoms with van der Waals surface area (Å²) in [6.45, 7) is 0.455. The summed E-state index contributed by atoms with van der Waals surface area (Å²) in [6, 6.07) is 25.1. The fraction of sp³-hybridized carbons (Fsp3) is 0.250. The normalized spacial score (nSPS) is 20.3. The molecular weight excluding hydrogens is 430 g/mol. The van der Waals surface area contributed by atoms with Crippen LogP contribution in [0.5, 0.6) is 5.75 Å². The lowest BCUT2D eigenvalue weighted by atomic mass is 9.91. The molecule has 3 aromatic carbocycles. The molecule has 0 amide bonds. The fourth-order valence-electron chi connectivity index (χ4n) is 4.01. The highest BCUT2D eigenvalue weighted by molar-refractivity contribution is 5.66. The van der Waals surface area contributed by atoms with Crippen molar-refractivity contribution in [3.63, 3.8) is 0 Å². The van der Waals surface area contributed by atoms with Crippen LogP contribution in [-0.2, 0) is 14.3 Å². The van der Waals surface area contributed by atoms with E-state index in [0.29, 0.717) is 19.4 Å². The predicted octanol–water partition coefficient (Wildman–Crippen LogP) is 6.35. The molecule has 1 aliphatic rings. The van der Waals surface area contributed by atoms with E-state index in [-0.39, 0.29) is 24.2 Å². The van der Waals surface area contributed by atoms with Gasteiger partial charge in [0.2, 0.25) is 0 Å². The number of allylic oxidation sites excluding steroid dienone is 2. The molecular formula is C28H29NO5. The van der Waals surface area contributed by atoms with Crippen molar-refractivity contribution in [2.45, 2.75) is 31.7 Å². The zero-order valence-corrected chi connectivity index (χ0v) is 18.8. The smallest absolute Gasteiger partial charge is 0.303 e. The van der Waals surface area contributed by atoms with Gasteiger partial charge < -0.3 is 25.0 Å². The lowest BCUT2D eigenvalue weighted by molar-refractivity contribution is -0.244. The molecule has 1 fully saturated rings. The van der Waals surface area contributed by atoms with Gasteiger partial charge in [0.1, 0.15) is 5.75 Å². The Morgan fingerprint density at radius 2 is 1.65 bits per heavy atom. The van der Waals surface area contributed by atoms with E-state index in [1.165, 1.54) is 0 Å². The lowest BCUT2D eigenvalue weighted by Crippen LogP contribution is -2.30. The number of nitrogens with one attached hydrogen (secondary N) is 1. The minimum absolute atomic E-state index is 0.00958. The van der Waals surface area contributed by atoms with Crippen molar-refractivity contribution >= 4 is 17.3 Å². The van der Waals surface area contributed by atoms with Gasteiger partial charge in [-0.1, -0.05) is 60.7 Å². The Hall–Kier alpha value is -3.61. The zero-order chi connectivity index (χ0) is 23.8. The summed E-state index contributed by atoms with van der Waals surface area (Å²) >= 11 is 0. The summed E-state index contributed by atoms with van der Waals surface area (Å²) in [7, 11) is 0. The molecule has 0 aliphatic carbocycles. The van der Waals surface area contributed by atoms with Gasteiger partial charge in [0, 0.05) is 34.8 Å². The van der Waals surface area contributed by atoms with Gasteiger partial charge in [-0.05, 0) is 43.2 Å². The van der Waals surface area contributed by atoms with Gasteiger partial charge in [-0.3, -0.25) is 4.79 Å². The second-order valence-corrected chi connectivity index (χ2v) is 8.29. The predicted molar refractivity (Wildman–Crippen MR) is 131 cm³/mol. The molecule has 0 saturated carbocycles. The number of aromatic hydroxyl groups is 1. The van der Waals surface area contributed by atoms with Crippen molar-refractivity contribution in [3.8, 4) is 5.75 Å². The van der Waals surface area contributed by atoms with Crippen LogP contribution in [-0.4, -0.2) is 22.8 Å². The molecule has 3 N–H and O–H groups in total. The molecule has 3 atom stereocenters. The number of hydrogen-bond acceptors (Lipinski definition) is 5. The standard InChI is InChI=1S/C28H29NO5/c30-25-13-8-7-12-24(25)27-21(9-3-1-6-14-26(31)32)19-33-28(34-27)20-15-17-23(18-16-20)29-22-10-4-2-5-11-22/h1-5,7-8,10-13,15-18,21,27-30H,6,9,14,19H2,(H,31,32)/b3-1-/t21-,27+,28+/m1/s1. The SMILES string of the molecule is O=C(O)CC/C=C\C[C@@H]1CO[C@H](c2ccc(Nc3ccccc3)cc2)O[C@@H]1c1ccccc1O. The number of rotatable bonds is 9.